The fraction of sp³-hybridized carbons (Fsp3) is 0.455. The number of aliphatic hydroxyl groups is 1. The molecule has 1 fully saturated rings. The maximum absolute atomic E-state index is 10.0. The third-order valence-electron chi connectivity index (χ3n) is 2.47. The predicted octanol–water partition coefficient (Wildman–Crippen LogP) is 0.708. The van der Waals surface area contributed by atoms with E-state index in [4.69, 9.17) is 4.74 Å². The van der Waals surface area contributed by atoms with Crippen LogP contribution in [0.15, 0.2) is 30.3 Å². The number of hydrogen-bond donors (Lipinski definition) is 2. The molecule has 0 saturated carbocycles. The smallest absolute Gasteiger partial charge is 0.0965 e. The van der Waals surface area contributed by atoms with Crippen molar-refractivity contribution < 1.29 is 9.84 Å². The highest BCUT2D eigenvalue weighted by molar-refractivity contribution is 5.18. The molecular formula is C11H15NO2. The summed E-state index contributed by atoms with van der Waals surface area (Å²) in [5.41, 5.74) is 0.940. The molecule has 0 radical (unpaired) electrons. The minimum absolute atomic E-state index is 0.0196. The average Bonchev–Trinajstić information content (AvgIpc) is 2.30. The Morgan fingerprint density at radius 1 is 1.36 bits per heavy atom. The van der Waals surface area contributed by atoms with Gasteiger partial charge in [-0.2, -0.15) is 0 Å². The quantitative estimate of drug-likeness (QED) is 0.726. The van der Waals surface area contributed by atoms with Gasteiger partial charge in [0.15, 0.2) is 0 Å². The van der Waals surface area contributed by atoms with Crippen molar-refractivity contribution in [3.05, 3.63) is 35.9 Å². The zero-order chi connectivity index (χ0) is 9.80. The second kappa shape index (κ2) is 4.55. The van der Waals surface area contributed by atoms with Gasteiger partial charge in [-0.15, -0.1) is 0 Å². The van der Waals surface area contributed by atoms with Gasteiger partial charge in [-0.25, -0.2) is 0 Å². The maximum atomic E-state index is 10.0. The number of morpholine rings is 1. The minimum Gasteiger partial charge on any atom is -0.387 e. The van der Waals surface area contributed by atoms with Crippen molar-refractivity contribution in [3.63, 3.8) is 0 Å². The number of ether oxygens (including phenoxy) is 1. The first-order valence-electron chi connectivity index (χ1n) is 4.92. The molecule has 0 amide bonds. The van der Waals surface area contributed by atoms with Crippen molar-refractivity contribution in [3.8, 4) is 0 Å². The molecule has 1 aliphatic heterocycles. The molecule has 2 atom stereocenters. The van der Waals surface area contributed by atoms with Crippen molar-refractivity contribution in [1.29, 1.82) is 0 Å². The number of hydrogen-bond acceptors (Lipinski definition) is 3. The van der Waals surface area contributed by atoms with Crippen LogP contribution in [0.1, 0.15) is 11.7 Å². The summed E-state index contributed by atoms with van der Waals surface area (Å²) in [5.74, 6) is 0. The molecule has 2 N–H and O–H groups in total. The lowest BCUT2D eigenvalue weighted by atomic mass is 10.0. The van der Waals surface area contributed by atoms with Crippen LogP contribution in [-0.2, 0) is 4.74 Å². The average molecular weight is 193 g/mol. The van der Waals surface area contributed by atoms with Gasteiger partial charge in [0.2, 0.25) is 0 Å². The first-order valence-corrected chi connectivity index (χ1v) is 4.92. The molecule has 3 nitrogen and oxygen atoms in total. The van der Waals surface area contributed by atoms with E-state index in [-0.39, 0.29) is 6.04 Å². The van der Waals surface area contributed by atoms with Crippen LogP contribution in [0.25, 0.3) is 0 Å². The lowest BCUT2D eigenvalue weighted by Gasteiger charge is -2.28. The summed E-state index contributed by atoms with van der Waals surface area (Å²) in [7, 11) is 0. The summed E-state index contributed by atoms with van der Waals surface area (Å²) in [6, 6.07) is 9.69. The third kappa shape index (κ3) is 2.12. The molecule has 2 rings (SSSR count). The molecule has 1 aromatic rings. The van der Waals surface area contributed by atoms with Crippen LogP contribution in [0.4, 0.5) is 0 Å². The zero-order valence-electron chi connectivity index (χ0n) is 8.02. The van der Waals surface area contributed by atoms with E-state index in [1.165, 1.54) is 0 Å². The highest BCUT2D eigenvalue weighted by atomic mass is 16.5. The Kier molecular flexibility index (Phi) is 3.14. The third-order valence-corrected chi connectivity index (χ3v) is 2.47. The number of nitrogens with one attached hydrogen (secondary N) is 1. The van der Waals surface area contributed by atoms with Crippen molar-refractivity contribution in [2.75, 3.05) is 19.8 Å². The molecular weight excluding hydrogens is 178 g/mol. The molecule has 1 heterocycles. The molecule has 0 bridgehead atoms. The van der Waals surface area contributed by atoms with Crippen LogP contribution in [0, 0.1) is 0 Å². The van der Waals surface area contributed by atoms with Crippen LogP contribution in [0.5, 0.6) is 0 Å². The summed E-state index contributed by atoms with van der Waals surface area (Å²) in [6.45, 7) is 2.13. The minimum atomic E-state index is -0.475. The molecule has 0 spiro atoms. The SMILES string of the molecule is OC(c1ccccc1)C1COCCN1. The van der Waals surface area contributed by atoms with Crippen LogP contribution >= 0.6 is 0 Å². The van der Waals surface area contributed by atoms with Crippen molar-refractivity contribution >= 4 is 0 Å². The Hall–Kier alpha value is -0.900. The van der Waals surface area contributed by atoms with E-state index in [1.807, 2.05) is 30.3 Å². The molecule has 3 heteroatoms. The van der Waals surface area contributed by atoms with Gasteiger partial charge in [0.1, 0.15) is 0 Å². The Balaban J connectivity index is 2.03. The fourth-order valence-corrected chi connectivity index (χ4v) is 1.67. The zero-order valence-corrected chi connectivity index (χ0v) is 8.02. The molecule has 0 aromatic heterocycles. The van der Waals surface area contributed by atoms with Crippen molar-refractivity contribution in [2.24, 2.45) is 0 Å². The summed E-state index contributed by atoms with van der Waals surface area (Å²) in [5, 5.41) is 13.2. The summed E-state index contributed by atoms with van der Waals surface area (Å²) in [6.07, 6.45) is -0.475. The van der Waals surface area contributed by atoms with Gasteiger partial charge in [-0.05, 0) is 5.56 Å². The van der Waals surface area contributed by atoms with Gasteiger partial charge >= 0.3 is 0 Å². The highest BCUT2D eigenvalue weighted by Crippen LogP contribution is 2.17. The standard InChI is InChI=1S/C11H15NO2/c13-11(9-4-2-1-3-5-9)10-8-14-7-6-12-10/h1-5,10-13H,6-8H2. The topological polar surface area (TPSA) is 41.5 Å². The lowest BCUT2D eigenvalue weighted by molar-refractivity contribution is 0.0177. The predicted molar refractivity (Wildman–Crippen MR) is 54.0 cm³/mol. The molecule has 1 aromatic carbocycles. The van der Waals surface area contributed by atoms with Crippen molar-refractivity contribution in [1.82, 2.24) is 5.32 Å². The van der Waals surface area contributed by atoms with E-state index in [2.05, 4.69) is 5.32 Å². The van der Waals surface area contributed by atoms with Gasteiger partial charge in [0, 0.05) is 6.54 Å². The lowest BCUT2D eigenvalue weighted by Crippen LogP contribution is -2.45. The maximum Gasteiger partial charge on any atom is 0.0965 e. The Labute approximate surface area is 83.7 Å². The largest absolute Gasteiger partial charge is 0.387 e. The number of rotatable bonds is 2. The highest BCUT2D eigenvalue weighted by Gasteiger charge is 2.22. The van der Waals surface area contributed by atoms with Gasteiger partial charge in [-0.3, -0.25) is 0 Å². The van der Waals surface area contributed by atoms with Gasteiger partial charge in [0.05, 0.1) is 25.4 Å². The molecule has 0 aliphatic carbocycles. The molecule has 14 heavy (non-hydrogen) atoms. The fourth-order valence-electron chi connectivity index (χ4n) is 1.67. The Morgan fingerprint density at radius 3 is 2.79 bits per heavy atom. The summed E-state index contributed by atoms with van der Waals surface area (Å²) >= 11 is 0. The van der Waals surface area contributed by atoms with Gasteiger partial charge < -0.3 is 15.2 Å². The van der Waals surface area contributed by atoms with Crippen molar-refractivity contribution in [2.45, 2.75) is 12.1 Å². The normalized spacial score (nSPS) is 24.5. The van der Waals surface area contributed by atoms with E-state index in [1.54, 1.807) is 0 Å². The Morgan fingerprint density at radius 2 is 2.14 bits per heavy atom. The van der Waals surface area contributed by atoms with E-state index < -0.39 is 6.10 Å². The molecule has 76 valence electrons. The van der Waals surface area contributed by atoms with Crippen LogP contribution < -0.4 is 5.32 Å². The molecule has 1 aliphatic rings. The second-order valence-corrected chi connectivity index (χ2v) is 3.49. The second-order valence-electron chi connectivity index (χ2n) is 3.49. The number of aliphatic hydroxyl groups excluding tert-OH is 1. The van der Waals surface area contributed by atoms with Gasteiger partial charge in [0.25, 0.3) is 0 Å². The van der Waals surface area contributed by atoms with E-state index in [0.29, 0.717) is 6.61 Å². The van der Waals surface area contributed by atoms with Gasteiger partial charge in [-0.1, -0.05) is 30.3 Å². The van der Waals surface area contributed by atoms with Crippen LogP contribution in [0.3, 0.4) is 0 Å². The number of benzene rings is 1. The monoisotopic (exact) mass is 193 g/mol. The molecule has 1 saturated heterocycles. The van der Waals surface area contributed by atoms with Crippen LogP contribution in [-0.4, -0.2) is 30.9 Å². The molecule has 2 unspecified atom stereocenters. The summed E-state index contributed by atoms with van der Waals surface area (Å²) in [4.78, 5) is 0. The van der Waals surface area contributed by atoms with E-state index >= 15 is 0 Å². The summed E-state index contributed by atoms with van der Waals surface area (Å²) < 4.78 is 5.30. The first-order chi connectivity index (χ1) is 6.88. The van der Waals surface area contributed by atoms with E-state index in [0.717, 1.165) is 18.7 Å². The van der Waals surface area contributed by atoms with E-state index in [9.17, 15) is 5.11 Å². The Bertz CT molecular complexity index is 270. The first kappa shape index (κ1) is 9.65. The van der Waals surface area contributed by atoms with Crippen LogP contribution in [0.2, 0.25) is 0 Å².